The summed E-state index contributed by atoms with van der Waals surface area (Å²) in [6, 6.07) is 14.9. The number of rotatable bonds is 8. The molecule has 2 aromatic carbocycles. The highest BCUT2D eigenvalue weighted by molar-refractivity contribution is 5.69. The van der Waals surface area contributed by atoms with Crippen molar-refractivity contribution < 1.29 is 13.2 Å². The van der Waals surface area contributed by atoms with Crippen LogP contribution in [0.3, 0.4) is 0 Å². The van der Waals surface area contributed by atoms with E-state index in [1.807, 2.05) is 44.4 Å². The lowest BCUT2D eigenvalue weighted by Crippen LogP contribution is -2.17. The summed E-state index contributed by atoms with van der Waals surface area (Å²) >= 11 is 0. The number of hydrogen-bond acceptors (Lipinski definition) is 5. The van der Waals surface area contributed by atoms with Gasteiger partial charge in [-0.25, -0.2) is 4.98 Å². The summed E-state index contributed by atoms with van der Waals surface area (Å²) < 4.78 is 39.5. The maximum absolute atomic E-state index is 13.2. The van der Waals surface area contributed by atoms with Gasteiger partial charge in [0.2, 0.25) is 5.95 Å². The van der Waals surface area contributed by atoms with Gasteiger partial charge in [-0.3, -0.25) is 0 Å². The van der Waals surface area contributed by atoms with Crippen LogP contribution < -0.4 is 10.6 Å². The molecule has 0 aliphatic carbocycles. The summed E-state index contributed by atoms with van der Waals surface area (Å²) in [5.74, 6) is 0.846. The minimum Gasteiger partial charge on any atom is -0.354 e. The fourth-order valence-corrected chi connectivity index (χ4v) is 3.01. The molecule has 1 aromatic heterocycles. The van der Waals surface area contributed by atoms with E-state index in [9.17, 15) is 13.2 Å². The molecule has 3 aromatic rings. The molecule has 3 rings (SSSR count). The maximum atomic E-state index is 13.2. The molecule has 0 saturated heterocycles. The lowest BCUT2D eigenvalue weighted by atomic mass is 10.1. The van der Waals surface area contributed by atoms with Crippen molar-refractivity contribution in [1.82, 2.24) is 14.9 Å². The van der Waals surface area contributed by atoms with Gasteiger partial charge in [0, 0.05) is 23.9 Å². The van der Waals surface area contributed by atoms with Crippen molar-refractivity contribution in [1.29, 1.82) is 0 Å². The molecule has 0 unspecified atom stereocenters. The minimum absolute atomic E-state index is 0.353. The predicted octanol–water partition coefficient (Wildman–Crippen LogP) is 5.58. The third-order valence-electron chi connectivity index (χ3n) is 4.69. The summed E-state index contributed by atoms with van der Waals surface area (Å²) in [5.41, 5.74) is 1.90. The largest absolute Gasteiger partial charge is 0.416 e. The second kappa shape index (κ2) is 9.78. The topological polar surface area (TPSA) is 53.1 Å². The number of aryl methyl sites for hydroxylation is 1. The van der Waals surface area contributed by atoms with E-state index < -0.39 is 11.7 Å². The smallest absolute Gasteiger partial charge is 0.354 e. The van der Waals surface area contributed by atoms with Gasteiger partial charge in [-0.2, -0.15) is 18.2 Å². The Morgan fingerprint density at radius 2 is 1.71 bits per heavy atom. The first-order chi connectivity index (χ1) is 14.7. The van der Waals surface area contributed by atoms with Gasteiger partial charge >= 0.3 is 6.18 Å². The third-order valence-corrected chi connectivity index (χ3v) is 4.69. The van der Waals surface area contributed by atoms with Gasteiger partial charge < -0.3 is 15.5 Å². The van der Waals surface area contributed by atoms with Crippen molar-refractivity contribution in [2.45, 2.75) is 19.5 Å². The minimum atomic E-state index is -4.41. The van der Waals surface area contributed by atoms with E-state index in [0.29, 0.717) is 35.3 Å². The third kappa shape index (κ3) is 6.42. The highest BCUT2D eigenvalue weighted by atomic mass is 19.4. The van der Waals surface area contributed by atoms with E-state index in [1.165, 1.54) is 6.07 Å². The first kappa shape index (κ1) is 22.6. The van der Waals surface area contributed by atoms with Gasteiger partial charge in [0.05, 0.1) is 11.3 Å². The van der Waals surface area contributed by atoms with Crippen LogP contribution in [0.1, 0.15) is 17.5 Å². The van der Waals surface area contributed by atoms with Crippen molar-refractivity contribution in [3.63, 3.8) is 0 Å². The fourth-order valence-electron chi connectivity index (χ4n) is 3.01. The second-order valence-corrected chi connectivity index (χ2v) is 7.56. The van der Waals surface area contributed by atoms with Gasteiger partial charge in [-0.15, -0.1) is 0 Å². The van der Waals surface area contributed by atoms with Crippen molar-refractivity contribution in [2.24, 2.45) is 0 Å². The van der Waals surface area contributed by atoms with Gasteiger partial charge in [0.1, 0.15) is 5.82 Å². The Bertz CT molecular complexity index is 1000. The molecule has 1 heterocycles. The molecule has 0 radical (unpaired) electrons. The lowest BCUT2D eigenvalue weighted by molar-refractivity contribution is -0.137. The van der Waals surface area contributed by atoms with Gasteiger partial charge in [-0.05, 0) is 51.7 Å². The Hall–Kier alpha value is -3.13. The Labute approximate surface area is 180 Å². The first-order valence-electron chi connectivity index (χ1n) is 10.0. The molecule has 0 bridgehead atoms. The quantitative estimate of drug-likeness (QED) is 0.458. The molecular formula is C23H26F3N5. The highest BCUT2D eigenvalue weighted by Gasteiger charge is 2.30. The zero-order valence-electron chi connectivity index (χ0n) is 17.8. The zero-order valence-corrected chi connectivity index (χ0v) is 17.8. The average molecular weight is 429 g/mol. The fraction of sp³-hybridized carbons (Fsp3) is 0.304. The van der Waals surface area contributed by atoms with E-state index in [4.69, 9.17) is 0 Å². The van der Waals surface area contributed by atoms with E-state index in [0.717, 1.165) is 30.7 Å². The van der Waals surface area contributed by atoms with Crippen LogP contribution in [-0.4, -0.2) is 42.1 Å². The van der Waals surface area contributed by atoms with Crippen LogP contribution in [0.15, 0.2) is 54.6 Å². The average Bonchev–Trinajstić information content (AvgIpc) is 2.72. The summed E-state index contributed by atoms with van der Waals surface area (Å²) in [6.45, 7) is 3.35. The molecule has 0 amide bonds. The van der Waals surface area contributed by atoms with E-state index in [1.54, 1.807) is 13.0 Å². The first-order valence-corrected chi connectivity index (χ1v) is 10.0. The van der Waals surface area contributed by atoms with E-state index in [2.05, 4.69) is 25.5 Å². The van der Waals surface area contributed by atoms with Gasteiger partial charge in [0.25, 0.3) is 0 Å². The maximum Gasteiger partial charge on any atom is 0.416 e. The van der Waals surface area contributed by atoms with Crippen molar-refractivity contribution >= 4 is 17.5 Å². The summed E-state index contributed by atoms with van der Waals surface area (Å²) in [5, 5.41) is 6.26. The van der Waals surface area contributed by atoms with E-state index in [-0.39, 0.29) is 0 Å². The van der Waals surface area contributed by atoms with Crippen LogP contribution >= 0.6 is 0 Å². The Morgan fingerprint density at radius 1 is 0.968 bits per heavy atom. The van der Waals surface area contributed by atoms with Gasteiger partial charge in [-0.1, -0.05) is 36.4 Å². The van der Waals surface area contributed by atoms with Crippen LogP contribution in [0, 0.1) is 6.92 Å². The van der Waals surface area contributed by atoms with Crippen LogP contribution in [0.2, 0.25) is 0 Å². The Kier molecular flexibility index (Phi) is 7.12. The molecule has 0 fully saturated rings. The second-order valence-electron chi connectivity index (χ2n) is 7.56. The molecule has 31 heavy (non-hydrogen) atoms. The van der Waals surface area contributed by atoms with E-state index >= 15 is 0 Å². The zero-order chi connectivity index (χ0) is 22.4. The number of anilines is 3. The summed E-state index contributed by atoms with van der Waals surface area (Å²) in [7, 11) is 4.01. The molecule has 0 spiro atoms. The molecular weight excluding hydrogens is 403 g/mol. The number of alkyl halides is 3. The molecule has 0 atom stereocenters. The molecule has 8 heteroatoms. The molecule has 5 nitrogen and oxygen atoms in total. The van der Waals surface area contributed by atoms with Crippen LogP contribution in [0.4, 0.5) is 30.6 Å². The summed E-state index contributed by atoms with van der Waals surface area (Å²) in [4.78, 5) is 11.2. The van der Waals surface area contributed by atoms with Crippen molar-refractivity contribution in [3.05, 3.63) is 65.7 Å². The number of halogens is 3. The number of benzene rings is 2. The van der Waals surface area contributed by atoms with Gasteiger partial charge in [0.15, 0.2) is 0 Å². The number of nitrogens with zero attached hydrogens (tertiary/aromatic N) is 3. The van der Waals surface area contributed by atoms with Crippen molar-refractivity contribution in [3.8, 4) is 11.3 Å². The van der Waals surface area contributed by atoms with Crippen molar-refractivity contribution in [2.75, 3.05) is 37.8 Å². The monoisotopic (exact) mass is 429 g/mol. The number of aromatic nitrogens is 2. The normalized spacial score (nSPS) is 11.6. The number of hydrogen-bond donors (Lipinski definition) is 2. The molecule has 0 aliphatic heterocycles. The molecule has 2 N–H and O–H groups in total. The van der Waals surface area contributed by atoms with Crippen LogP contribution in [0.5, 0.6) is 0 Å². The Balaban J connectivity index is 1.91. The lowest BCUT2D eigenvalue weighted by Gasteiger charge is -2.15. The predicted molar refractivity (Wildman–Crippen MR) is 119 cm³/mol. The molecule has 0 saturated carbocycles. The van der Waals surface area contributed by atoms with Crippen LogP contribution in [-0.2, 0) is 6.18 Å². The molecule has 164 valence electrons. The highest BCUT2D eigenvalue weighted by Crippen LogP contribution is 2.33. The molecule has 0 aliphatic rings. The standard InChI is InChI=1S/C23H26F3N5/c1-16-10-11-18(23(24,25)26)14-19(16)28-21-15-20(17-8-5-4-6-9-17)29-22(30-21)27-12-7-13-31(2)3/h4-6,8-11,14-15H,7,12-13H2,1-3H3,(H2,27,28,29,30). The Morgan fingerprint density at radius 3 is 2.39 bits per heavy atom. The number of nitrogens with one attached hydrogen (secondary N) is 2. The van der Waals surface area contributed by atoms with Crippen LogP contribution in [0.25, 0.3) is 11.3 Å². The SMILES string of the molecule is Cc1ccc(C(F)(F)F)cc1Nc1cc(-c2ccccc2)nc(NCCCN(C)C)n1. The summed E-state index contributed by atoms with van der Waals surface area (Å²) in [6.07, 6.45) is -3.51.